The molecule has 84 valence electrons. The van der Waals surface area contributed by atoms with Crippen molar-refractivity contribution in [2.24, 2.45) is 0 Å². The molecule has 15 heavy (non-hydrogen) atoms. The van der Waals surface area contributed by atoms with Crippen molar-refractivity contribution in [3.63, 3.8) is 0 Å². The van der Waals surface area contributed by atoms with E-state index in [-0.39, 0.29) is 12.0 Å². The van der Waals surface area contributed by atoms with Crippen molar-refractivity contribution in [2.75, 3.05) is 0 Å². The van der Waals surface area contributed by atoms with Gasteiger partial charge in [0.25, 0.3) is 0 Å². The van der Waals surface area contributed by atoms with Crippen molar-refractivity contribution in [2.45, 2.75) is 23.8 Å². The summed E-state index contributed by atoms with van der Waals surface area (Å²) in [5, 5.41) is 9.80. The van der Waals surface area contributed by atoms with Crippen LogP contribution in [0.15, 0.2) is 24.3 Å². The van der Waals surface area contributed by atoms with E-state index in [0.29, 0.717) is 0 Å². The summed E-state index contributed by atoms with van der Waals surface area (Å²) in [4.78, 5) is -3.45. The largest absolute Gasteiger partial charge is 0.378 e. The zero-order valence-electron chi connectivity index (χ0n) is 7.98. The predicted octanol–water partition coefficient (Wildman–Crippen LogP) is 3.41. The molecule has 0 saturated heterocycles. The van der Waals surface area contributed by atoms with Crippen molar-refractivity contribution in [1.82, 2.24) is 0 Å². The van der Waals surface area contributed by atoms with E-state index in [1.54, 1.807) is 0 Å². The van der Waals surface area contributed by atoms with Gasteiger partial charge in [-0.15, -0.1) is 0 Å². The van der Waals surface area contributed by atoms with Crippen LogP contribution in [0.2, 0.25) is 0 Å². The summed E-state index contributed by atoms with van der Waals surface area (Å²) in [5.74, 6) is -0.532. The van der Waals surface area contributed by atoms with Crippen LogP contribution in [0, 0.1) is 5.82 Å². The maximum atomic E-state index is 13.1. The molecule has 0 radical (unpaired) electrons. The summed E-state index contributed by atoms with van der Waals surface area (Å²) >= 11 is 2.14. The third kappa shape index (κ3) is 2.34. The van der Waals surface area contributed by atoms with E-state index in [9.17, 15) is 18.3 Å². The van der Waals surface area contributed by atoms with Crippen LogP contribution in [-0.2, 0) is 5.60 Å². The molecule has 0 spiro atoms. The van der Waals surface area contributed by atoms with Crippen molar-refractivity contribution in [1.29, 1.82) is 0 Å². The highest BCUT2D eigenvalue weighted by atomic mass is 79.9. The smallest absolute Gasteiger partial charge is 0.333 e. The van der Waals surface area contributed by atoms with E-state index in [4.69, 9.17) is 0 Å². The highest BCUT2D eigenvalue weighted by molar-refractivity contribution is 9.10. The lowest BCUT2D eigenvalue weighted by molar-refractivity contribution is -0.124. The van der Waals surface area contributed by atoms with Gasteiger partial charge in [0.15, 0.2) is 5.60 Å². The van der Waals surface area contributed by atoms with E-state index in [1.165, 1.54) is 6.92 Å². The zero-order chi connectivity index (χ0) is 11.7. The van der Waals surface area contributed by atoms with Gasteiger partial charge in [-0.3, -0.25) is 0 Å². The van der Waals surface area contributed by atoms with Gasteiger partial charge in [-0.2, -0.15) is 8.78 Å². The molecule has 0 fully saturated rings. The summed E-state index contributed by atoms with van der Waals surface area (Å²) in [6.07, 6.45) is -0.184. The SMILES string of the molecule is CCC(O)(c1ccc(F)cc1)C(F)(F)Br. The lowest BCUT2D eigenvalue weighted by atomic mass is 9.91. The summed E-state index contributed by atoms with van der Waals surface area (Å²) < 4.78 is 38.9. The molecule has 1 atom stereocenters. The standard InChI is InChI=1S/C10H10BrF3O/c1-2-9(15,10(11,13)14)7-3-5-8(12)6-4-7/h3-6,15H,2H2,1H3. The molecule has 1 rings (SSSR count). The third-order valence-corrected chi connectivity index (χ3v) is 2.96. The van der Waals surface area contributed by atoms with Crippen LogP contribution in [-0.4, -0.2) is 9.94 Å². The molecule has 0 aromatic heterocycles. The van der Waals surface area contributed by atoms with Crippen LogP contribution in [0.25, 0.3) is 0 Å². The van der Waals surface area contributed by atoms with Crippen molar-refractivity contribution < 1.29 is 18.3 Å². The van der Waals surface area contributed by atoms with E-state index < -0.39 is 16.3 Å². The fourth-order valence-corrected chi connectivity index (χ4v) is 1.80. The highest BCUT2D eigenvalue weighted by Gasteiger charge is 2.50. The van der Waals surface area contributed by atoms with Crippen LogP contribution in [0.1, 0.15) is 18.9 Å². The number of benzene rings is 1. The Morgan fingerprint density at radius 2 is 1.73 bits per heavy atom. The number of alkyl halides is 3. The quantitative estimate of drug-likeness (QED) is 0.843. The fraction of sp³-hybridized carbons (Fsp3) is 0.400. The Morgan fingerprint density at radius 1 is 1.27 bits per heavy atom. The Balaban J connectivity index is 3.18. The summed E-state index contributed by atoms with van der Waals surface area (Å²) in [7, 11) is 0. The molecule has 0 saturated carbocycles. The number of hydrogen-bond donors (Lipinski definition) is 1. The maximum absolute atomic E-state index is 13.1. The topological polar surface area (TPSA) is 20.2 Å². The lowest BCUT2D eigenvalue weighted by Crippen LogP contribution is -2.40. The zero-order valence-corrected chi connectivity index (χ0v) is 9.56. The molecule has 1 aromatic carbocycles. The molecule has 5 heteroatoms. The minimum absolute atomic E-state index is 0.0201. The Kier molecular flexibility index (Phi) is 3.45. The van der Waals surface area contributed by atoms with Crippen LogP contribution >= 0.6 is 15.9 Å². The van der Waals surface area contributed by atoms with Crippen LogP contribution in [0.4, 0.5) is 13.2 Å². The summed E-state index contributed by atoms with van der Waals surface area (Å²) in [6, 6.07) is 4.37. The molecule has 0 bridgehead atoms. The van der Waals surface area contributed by atoms with Crippen molar-refractivity contribution >= 4 is 15.9 Å². The fourth-order valence-electron chi connectivity index (χ4n) is 1.29. The van der Waals surface area contributed by atoms with Gasteiger partial charge >= 0.3 is 4.83 Å². The first kappa shape index (κ1) is 12.5. The average Bonchev–Trinajstić information content (AvgIpc) is 2.16. The molecule has 0 heterocycles. The van der Waals surface area contributed by atoms with Gasteiger partial charge in [0, 0.05) is 0 Å². The Bertz CT molecular complexity index is 334. The van der Waals surface area contributed by atoms with Gasteiger partial charge in [-0.05, 0) is 40.0 Å². The number of rotatable bonds is 3. The van der Waals surface area contributed by atoms with Gasteiger partial charge in [0.2, 0.25) is 0 Å². The molecule has 0 aliphatic rings. The Morgan fingerprint density at radius 3 is 2.07 bits per heavy atom. The molecule has 0 amide bonds. The first-order chi connectivity index (χ1) is 6.81. The summed E-state index contributed by atoms with van der Waals surface area (Å²) in [5.41, 5.74) is -2.34. The maximum Gasteiger partial charge on any atom is 0.333 e. The third-order valence-electron chi connectivity index (χ3n) is 2.30. The molecule has 1 nitrogen and oxygen atoms in total. The molecular weight excluding hydrogens is 273 g/mol. The number of hydrogen-bond acceptors (Lipinski definition) is 1. The van der Waals surface area contributed by atoms with Crippen molar-refractivity contribution in [3.05, 3.63) is 35.6 Å². The minimum atomic E-state index is -3.45. The van der Waals surface area contributed by atoms with Crippen molar-refractivity contribution in [3.8, 4) is 0 Å². The van der Waals surface area contributed by atoms with E-state index in [0.717, 1.165) is 24.3 Å². The van der Waals surface area contributed by atoms with Gasteiger partial charge in [-0.25, -0.2) is 4.39 Å². The number of halogens is 4. The molecule has 1 unspecified atom stereocenters. The van der Waals surface area contributed by atoms with E-state index >= 15 is 0 Å². The first-order valence-corrected chi connectivity index (χ1v) is 5.15. The van der Waals surface area contributed by atoms with Crippen LogP contribution in [0.3, 0.4) is 0 Å². The highest BCUT2D eigenvalue weighted by Crippen LogP contribution is 2.44. The Labute approximate surface area is 94.0 Å². The monoisotopic (exact) mass is 282 g/mol. The Hall–Kier alpha value is -0.550. The minimum Gasteiger partial charge on any atom is -0.378 e. The second kappa shape index (κ2) is 4.14. The molecule has 1 N–H and O–H groups in total. The molecule has 1 aromatic rings. The first-order valence-electron chi connectivity index (χ1n) is 4.36. The van der Waals surface area contributed by atoms with Gasteiger partial charge < -0.3 is 5.11 Å². The second-order valence-electron chi connectivity index (χ2n) is 3.22. The van der Waals surface area contributed by atoms with Gasteiger partial charge in [-0.1, -0.05) is 19.1 Å². The predicted molar refractivity (Wildman–Crippen MR) is 54.5 cm³/mol. The lowest BCUT2D eigenvalue weighted by Gasteiger charge is -2.31. The normalized spacial score (nSPS) is 16.1. The van der Waals surface area contributed by atoms with Gasteiger partial charge in [0.1, 0.15) is 5.82 Å². The second-order valence-corrected chi connectivity index (χ2v) is 4.21. The molecule has 0 aliphatic carbocycles. The summed E-state index contributed by atoms with van der Waals surface area (Å²) in [6.45, 7) is 1.43. The molecule has 0 aliphatic heterocycles. The van der Waals surface area contributed by atoms with Crippen LogP contribution < -0.4 is 0 Å². The average molecular weight is 283 g/mol. The number of aliphatic hydroxyl groups is 1. The van der Waals surface area contributed by atoms with Gasteiger partial charge in [0.05, 0.1) is 0 Å². The van der Waals surface area contributed by atoms with E-state index in [1.807, 2.05) is 0 Å². The van der Waals surface area contributed by atoms with Crippen LogP contribution in [0.5, 0.6) is 0 Å². The molecular formula is C10H10BrF3O. The van der Waals surface area contributed by atoms with E-state index in [2.05, 4.69) is 15.9 Å².